The van der Waals surface area contributed by atoms with Crippen molar-refractivity contribution in [3.8, 4) is 0 Å². The van der Waals surface area contributed by atoms with Gasteiger partial charge in [-0.25, -0.2) is 8.66 Å². The molecule has 44 heavy (non-hydrogen) atoms. The van der Waals surface area contributed by atoms with Gasteiger partial charge in [0.2, 0.25) is 0 Å². The average molecular weight is 729 g/mol. The standard InChI is InChI=1S/CH5BIN41/c1-2-4-6-8-10-12-14-16-18-20-22-24-26-28-30-32-34-36-38-40-42-44-43-41-39-37-35-33-31-29-27-25-23-21-19-17-15-13-11-9-7-5-3/h2H,1H3,(H,4,5,8,9,12,13,16,17,20,21,24,25,28,29,32,33,36,37,40,41,44). The summed E-state index contributed by atoms with van der Waals surface area (Å²) >= 11 is 1.70. The van der Waals surface area contributed by atoms with Gasteiger partial charge in [-0.3, -0.25) is 0 Å². The van der Waals surface area contributed by atoms with E-state index in [-0.39, 0.29) is 0 Å². The van der Waals surface area contributed by atoms with Crippen molar-refractivity contribution < 1.29 is 0 Å². The van der Waals surface area contributed by atoms with Gasteiger partial charge in [0.1, 0.15) is 0 Å². The molecule has 0 saturated carbocycles. The number of rotatable bonds is 21. The minimum atomic E-state index is 0.443. The summed E-state index contributed by atoms with van der Waals surface area (Å²) < 4.78 is 2.29. The van der Waals surface area contributed by atoms with Gasteiger partial charge in [0.05, 0.1) is 22.9 Å². The summed E-state index contributed by atoms with van der Waals surface area (Å²) in [5, 5.41) is 122. The highest BCUT2D eigenvalue weighted by Gasteiger charge is 1.74. The van der Waals surface area contributed by atoms with Crippen LogP contribution in [0, 0.1) is 0 Å². The van der Waals surface area contributed by atoms with Crippen LogP contribution in [0.15, 0.2) is 209 Å². The Morgan fingerprint density at radius 2 is 0.432 bits per heavy atom. The van der Waals surface area contributed by atoms with Crippen LogP contribution in [0.2, 0.25) is 6.82 Å². The molecule has 0 heterocycles. The van der Waals surface area contributed by atoms with Crippen LogP contribution >= 0.6 is 22.9 Å². The predicted octanol–water partition coefficient (Wildman–Crippen LogP) is 7.67. The summed E-state index contributed by atoms with van der Waals surface area (Å²) in [4.78, 5) is 0. The molecule has 0 unspecified atom stereocenters. The third-order valence-electron chi connectivity index (χ3n) is 1.77. The van der Waals surface area contributed by atoms with Crippen molar-refractivity contribution in [1.82, 2.24) is 3.64 Å². The van der Waals surface area contributed by atoms with Crippen molar-refractivity contribution in [2.24, 2.45) is 209 Å². The molecule has 0 spiro atoms. The molecule has 0 amide bonds. The lowest BCUT2D eigenvalue weighted by atomic mass is 10.0. The summed E-state index contributed by atoms with van der Waals surface area (Å²) in [7, 11) is 0.443. The summed E-state index contributed by atoms with van der Waals surface area (Å²) in [5.41, 5.74) is 0. The molecule has 43 heteroatoms. The van der Waals surface area contributed by atoms with E-state index in [0.717, 1.165) is 0 Å². The van der Waals surface area contributed by atoms with Gasteiger partial charge < -0.3 is 0 Å². The SMILES string of the molecule is CBN=NN=NN=NN=NN=NN=NN=NN=NN=NN=NN=NN=NN=NN=NN=NN=NN=NN=NN=NN=NNI. The van der Waals surface area contributed by atoms with Gasteiger partial charge in [-0.2, -0.15) is 0 Å². The first-order valence-corrected chi connectivity index (χ1v) is 10.3. The largest absolute Gasteiger partial charge is 0.290 e. The quantitative estimate of drug-likeness (QED) is 0.0401. The third-order valence-corrected chi connectivity index (χ3v) is 1.98. The van der Waals surface area contributed by atoms with Gasteiger partial charge in [0.15, 0.2) is 0 Å². The monoisotopic (exact) mass is 729 g/mol. The Hall–Kier alpha value is -7.41. The Morgan fingerprint density at radius 3 is 0.591 bits per heavy atom. The maximum Gasteiger partial charge on any atom is 0.290 e. The average Bonchev–Trinajstić information content (AvgIpc) is 3.04. The van der Waals surface area contributed by atoms with Crippen molar-refractivity contribution >= 4 is 30.3 Å². The molecule has 0 aromatic carbocycles. The zero-order chi connectivity index (χ0) is 31.7. The van der Waals surface area contributed by atoms with Crippen LogP contribution in [0.4, 0.5) is 0 Å². The van der Waals surface area contributed by atoms with Crippen molar-refractivity contribution in [1.29, 1.82) is 0 Å². The molecule has 0 aliphatic rings. The molecular weight excluding hydrogens is 724 g/mol. The van der Waals surface area contributed by atoms with E-state index in [9.17, 15) is 0 Å². The number of hydrogen-bond acceptors (Lipinski definition) is 2. The van der Waals surface area contributed by atoms with Crippen LogP contribution in [-0.2, 0) is 0 Å². The molecule has 41 nitrogen and oxygen atoms in total. The lowest BCUT2D eigenvalue weighted by molar-refractivity contribution is 0.726. The Morgan fingerprint density at radius 1 is 0.273 bits per heavy atom. The van der Waals surface area contributed by atoms with E-state index >= 15 is 0 Å². The fraction of sp³-hybridized carbons (Fsp3) is 1.00. The van der Waals surface area contributed by atoms with Crippen molar-refractivity contribution in [2.75, 3.05) is 0 Å². The molecule has 1 N–H and O–H groups in total. The maximum absolute atomic E-state index is 3.49. The van der Waals surface area contributed by atoms with Crippen molar-refractivity contribution in [3.63, 3.8) is 0 Å². The summed E-state index contributed by atoms with van der Waals surface area (Å²) in [6, 6.07) is 0. The summed E-state index contributed by atoms with van der Waals surface area (Å²) in [6.45, 7) is 1.75. The summed E-state index contributed by atoms with van der Waals surface area (Å²) in [5.74, 6) is 0. The van der Waals surface area contributed by atoms with E-state index < -0.39 is 0 Å². The van der Waals surface area contributed by atoms with E-state index in [0.29, 0.717) is 7.41 Å². The second-order valence-electron chi connectivity index (χ2n) is 4.04. The molecule has 0 aromatic rings. The maximum atomic E-state index is 3.49. The van der Waals surface area contributed by atoms with E-state index in [2.05, 4.69) is 212 Å². The molecule has 0 radical (unpaired) electrons. The second kappa shape index (κ2) is 35.6. The molecule has 0 atom stereocenters. The zero-order valence-corrected chi connectivity index (χ0v) is 22.6. The lowest BCUT2D eigenvalue weighted by Crippen LogP contribution is -1.74. The Balaban J connectivity index is 4.02. The summed E-state index contributed by atoms with van der Waals surface area (Å²) in [6.07, 6.45) is 0. The molecule has 0 bridgehead atoms. The smallest absolute Gasteiger partial charge is 0.238 e. The van der Waals surface area contributed by atoms with Gasteiger partial charge in [-0.1, -0.05) is 6.82 Å². The van der Waals surface area contributed by atoms with Crippen LogP contribution in [0.25, 0.3) is 0 Å². The molecule has 0 fully saturated rings. The number of nitrogens with zero attached hydrogens (tertiary/aromatic N) is 40. The molecule has 0 aliphatic carbocycles. The minimum Gasteiger partial charge on any atom is -0.238 e. The highest BCUT2D eigenvalue weighted by atomic mass is 127. The molecule has 224 valence electrons. The van der Waals surface area contributed by atoms with Crippen molar-refractivity contribution in [3.05, 3.63) is 0 Å². The Kier molecular flexibility index (Phi) is 29.6. The first kappa shape index (κ1) is 36.6. The first-order valence-electron chi connectivity index (χ1n) is 9.24. The number of nitrogens with one attached hydrogen (secondary N) is 1. The highest BCUT2D eigenvalue weighted by Crippen LogP contribution is 1.92. The van der Waals surface area contributed by atoms with Crippen LogP contribution in [0.1, 0.15) is 0 Å². The lowest BCUT2D eigenvalue weighted by Gasteiger charge is -1.72. The highest BCUT2D eigenvalue weighted by molar-refractivity contribution is 14.1. The van der Waals surface area contributed by atoms with Crippen molar-refractivity contribution in [2.45, 2.75) is 6.82 Å². The number of halogens is 1. The van der Waals surface area contributed by atoms with Gasteiger partial charge in [0, 0.05) is 120 Å². The Labute approximate surface area is 249 Å². The van der Waals surface area contributed by atoms with Gasteiger partial charge >= 0.3 is 0 Å². The Bertz CT molecular complexity index is 1200. The van der Waals surface area contributed by atoms with Crippen LogP contribution in [0.3, 0.4) is 0 Å². The van der Waals surface area contributed by atoms with E-state index in [1.165, 1.54) is 0 Å². The molecule has 0 saturated heterocycles. The van der Waals surface area contributed by atoms with E-state index in [1.807, 2.05) is 0 Å². The molecule has 0 rings (SSSR count). The fourth-order valence-corrected chi connectivity index (χ4v) is 0.869. The first-order chi connectivity index (χ1) is 21.9. The molecule has 0 aromatic heterocycles. The molecular formula is CH5BIN41. The fourth-order valence-electron chi connectivity index (χ4n) is 0.772. The van der Waals surface area contributed by atoms with E-state index in [1.54, 1.807) is 29.7 Å². The van der Waals surface area contributed by atoms with Gasteiger partial charge in [0.25, 0.3) is 7.41 Å². The predicted molar refractivity (Wildman–Crippen MR) is 127 cm³/mol. The van der Waals surface area contributed by atoms with Gasteiger partial charge in [-0.15, -0.1) is 0 Å². The minimum absolute atomic E-state index is 0.443. The van der Waals surface area contributed by atoms with E-state index in [4.69, 9.17) is 0 Å². The topological polar surface area (TPSA) is 506 Å². The van der Waals surface area contributed by atoms with Crippen LogP contribution in [0.5, 0.6) is 0 Å². The number of hydrogen-bond donors (Lipinski definition) is 1. The van der Waals surface area contributed by atoms with Crippen LogP contribution in [-0.4, -0.2) is 7.41 Å². The van der Waals surface area contributed by atoms with Gasteiger partial charge in [-0.05, 0) is 83.6 Å². The molecule has 0 aliphatic heterocycles. The van der Waals surface area contributed by atoms with Crippen LogP contribution < -0.4 is 3.64 Å². The third kappa shape index (κ3) is 34.6. The zero-order valence-electron chi connectivity index (χ0n) is 20.5. The normalized spacial score (nSPS) is 15.0. The second-order valence-corrected chi connectivity index (χ2v) is 4.52.